The van der Waals surface area contributed by atoms with Gasteiger partial charge in [-0.25, -0.2) is 0 Å². The van der Waals surface area contributed by atoms with Crippen molar-refractivity contribution in [3.05, 3.63) is 19.1 Å². The van der Waals surface area contributed by atoms with Gasteiger partial charge in [0.2, 0.25) is 5.91 Å². The van der Waals surface area contributed by atoms with E-state index < -0.39 is 0 Å². The summed E-state index contributed by atoms with van der Waals surface area (Å²) in [5.41, 5.74) is 0.523. The standard InChI is InChI=1S/C10H19N2O/c1-8(2)10(13)11-9(3)7-12(4,5)6/h9H,1,3,7H2,2,4-6H3/p+1. The van der Waals surface area contributed by atoms with Crippen LogP contribution in [0.3, 0.4) is 0 Å². The molecule has 1 radical (unpaired) electrons. The zero-order chi connectivity index (χ0) is 10.6. The van der Waals surface area contributed by atoms with E-state index in [-0.39, 0.29) is 11.9 Å². The van der Waals surface area contributed by atoms with Crippen LogP contribution >= 0.6 is 0 Å². The van der Waals surface area contributed by atoms with Gasteiger partial charge in [-0.15, -0.1) is 0 Å². The Hall–Kier alpha value is -0.830. The Bertz CT molecular complexity index is 203. The maximum atomic E-state index is 11.2. The minimum Gasteiger partial charge on any atom is -0.344 e. The van der Waals surface area contributed by atoms with Gasteiger partial charge in [0.05, 0.1) is 33.7 Å². The molecule has 0 fully saturated rings. The molecular weight excluding hydrogens is 164 g/mol. The summed E-state index contributed by atoms with van der Waals surface area (Å²) in [6.07, 6.45) is 0. The Labute approximate surface area is 81.0 Å². The van der Waals surface area contributed by atoms with Crippen molar-refractivity contribution in [1.29, 1.82) is 0 Å². The zero-order valence-electron chi connectivity index (χ0n) is 9.05. The lowest BCUT2D eigenvalue weighted by Gasteiger charge is -2.27. The predicted octanol–water partition coefficient (Wildman–Crippen LogP) is 0.588. The Kier molecular flexibility index (Phi) is 4.14. The average molecular weight is 184 g/mol. The fourth-order valence-corrected chi connectivity index (χ4v) is 1.02. The molecule has 0 saturated heterocycles. The minimum absolute atomic E-state index is 0.0656. The quantitative estimate of drug-likeness (QED) is 0.503. The smallest absolute Gasteiger partial charge is 0.246 e. The van der Waals surface area contributed by atoms with Crippen molar-refractivity contribution in [3.8, 4) is 0 Å². The largest absolute Gasteiger partial charge is 0.344 e. The number of rotatable bonds is 4. The molecule has 13 heavy (non-hydrogen) atoms. The first kappa shape index (κ1) is 12.2. The van der Waals surface area contributed by atoms with Gasteiger partial charge in [0.15, 0.2) is 0 Å². The van der Waals surface area contributed by atoms with Crippen LogP contribution in [-0.2, 0) is 4.79 Å². The van der Waals surface area contributed by atoms with Crippen LogP contribution in [0, 0.1) is 6.92 Å². The second kappa shape index (κ2) is 4.42. The summed E-state index contributed by atoms with van der Waals surface area (Å²) in [7, 11) is 6.18. The highest BCUT2D eigenvalue weighted by Gasteiger charge is 2.15. The first-order valence-corrected chi connectivity index (χ1v) is 4.32. The lowest BCUT2D eigenvalue weighted by Crippen LogP contribution is -2.47. The molecule has 1 amide bonds. The number of hydrogen-bond donors (Lipinski definition) is 1. The normalized spacial score (nSPS) is 13.6. The van der Waals surface area contributed by atoms with E-state index in [2.05, 4.69) is 40.0 Å². The molecule has 0 saturated carbocycles. The third kappa shape index (κ3) is 6.34. The number of nitrogens with zero attached hydrogens (tertiary/aromatic N) is 1. The molecule has 1 atom stereocenters. The molecule has 0 aromatic heterocycles. The summed E-state index contributed by atoms with van der Waals surface area (Å²) >= 11 is 0. The molecule has 3 nitrogen and oxygen atoms in total. The van der Waals surface area contributed by atoms with Crippen LogP contribution in [0.25, 0.3) is 0 Å². The molecule has 1 unspecified atom stereocenters. The van der Waals surface area contributed by atoms with Crippen molar-refractivity contribution in [2.24, 2.45) is 0 Å². The zero-order valence-corrected chi connectivity index (χ0v) is 9.05. The third-order valence-corrected chi connectivity index (χ3v) is 1.49. The highest BCUT2D eigenvalue weighted by molar-refractivity contribution is 5.92. The van der Waals surface area contributed by atoms with Crippen LogP contribution in [0.4, 0.5) is 0 Å². The van der Waals surface area contributed by atoms with Gasteiger partial charge in [-0.05, 0) is 13.8 Å². The van der Waals surface area contributed by atoms with Gasteiger partial charge in [0.25, 0.3) is 0 Å². The fourth-order valence-electron chi connectivity index (χ4n) is 1.02. The number of hydrogen-bond acceptors (Lipinski definition) is 1. The van der Waals surface area contributed by atoms with Crippen LogP contribution in [-0.4, -0.2) is 44.1 Å². The molecule has 0 bridgehead atoms. The number of nitrogens with one attached hydrogen (secondary N) is 1. The van der Waals surface area contributed by atoms with E-state index in [0.29, 0.717) is 5.57 Å². The summed E-state index contributed by atoms with van der Waals surface area (Å²) < 4.78 is 0.782. The van der Waals surface area contributed by atoms with E-state index in [0.717, 1.165) is 11.0 Å². The molecule has 3 heteroatoms. The first-order chi connectivity index (χ1) is 5.72. The van der Waals surface area contributed by atoms with E-state index in [9.17, 15) is 4.79 Å². The molecule has 0 spiro atoms. The van der Waals surface area contributed by atoms with Crippen LogP contribution in [0.2, 0.25) is 0 Å². The van der Waals surface area contributed by atoms with E-state index in [1.807, 2.05) is 0 Å². The predicted molar refractivity (Wildman–Crippen MR) is 55.0 cm³/mol. The van der Waals surface area contributed by atoms with Crippen molar-refractivity contribution < 1.29 is 9.28 Å². The van der Waals surface area contributed by atoms with Crippen molar-refractivity contribution in [1.82, 2.24) is 5.32 Å². The second-order valence-electron chi connectivity index (χ2n) is 4.42. The molecule has 0 heterocycles. The van der Waals surface area contributed by atoms with Crippen molar-refractivity contribution >= 4 is 5.91 Å². The molecule has 0 aliphatic carbocycles. The van der Waals surface area contributed by atoms with Crippen molar-refractivity contribution in [3.63, 3.8) is 0 Å². The summed E-state index contributed by atoms with van der Waals surface area (Å²) in [4.78, 5) is 11.2. The Balaban J connectivity index is 3.95. The molecule has 0 aliphatic heterocycles. The van der Waals surface area contributed by atoms with Crippen LogP contribution in [0.15, 0.2) is 12.2 Å². The first-order valence-electron chi connectivity index (χ1n) is 4.32. The molecular formula is C10H20N2O+. The lowest BCUT2D eigenvalue weighted by molar-refractivity contribution is -0.870. The van der Waals surface area contributed by atoms with E-state index in [1.54, 1.807) is 6.92 Å². The number of likely N-dealkylation sites (N-methyl/N-ethyl adjacent to an activating group) is 1. The van der Waals surface area contributed by atoms with E-state index in [1.165, 1.54) is 0 Å². The summed E-state index contributed by atoms with van der Waals surface area (Å²) in [5.74, 6) is -0.117. The number of amides is 1. The second-order valence-corrected chi connectivity index (χ2v) is 4.42. The van der Waals surface area contributed by atoms with Crippen molar-refractivity contribution in [2.75, 3.05) is 27.7 Å². The lowest BCUT2D eigenvalue weighted by atomic mass is 10.2. The van der Waals surface area contributed by atoms with Crippen LogP contribution in [0.1, 0.15) is 6.92 Å². The summed E-state index contributed by atoms with van der Waals surface area (Å²) in [6, 6.07) is -0.0656. The number of carbonyl (C=O) groups excluding carboxylic acids is 1. The minimum atomic E-state index is -0.117. The fraction of sp³-hybridized carbons (Fsp3) is 0.600. The molecule has 0 aromatic rings. The summed E-state index contributed by atoms with van der Waals surface area (Å²) in [5, 5.41) is 2.77. The SMILES string of the molecule is [CH2]C(C[N+](C)(C)C)NC(=O)C(=C)C. The average Bonchev–Trinajstić information content (AvgIpc) is 1.81. The third-order valence-electron chi connectivity index (χ3n) is 1.49. The van der Waals surface area contributed by atoms with Gasteiger partial charge in [-0.1, -0.05) is 6.58 Å². The number of quaternary nitrogens is 1. The van der Waals surface area contributed by atoms with Gasteiger partial charge >= 0.3 is 0 Å². The highest BCUT2D eigenvalue weighted by Crippen LogP contribution is 1.95. The van der Waals surface area contributed by atoms with Gasteiger partial charge in [-0.2, -0.15) is 0 Å². The van der Waals surface area contributed by atoms with Crippen LogP contribution < -0.4 is 5.32 Å². The van der Waals surface area contributed by atoms with Gasteiger partial charge in [0, 0.05) is 5.57 Å². The monoisotopic (exact) mass is 184 g/mol. The van der Waals surface area contributed by atoms with Gasteiger partial charge in [-0.3, -0.25) is 4.79 Å². The van der Waals surface area contributed by atoms with Gasteiger partial charge in [0.1, 0.15) is 0 Å². The van der Waals surface area contributed by atoms with E-state index in [4.69, 9.17) is 0 Å². The molecule has 75 valence electrons. The summed E-state index contributed by atoms with van der Waals surface area (Å²) in [6.45, 7) is 9.91. The molecule has 0 aliphatic rings. The van der Waals surface area contributed by atoms with Crippen LogP contribution in [0.5, 0.6) is 0 Å². The maximum Gasteiger partial charge on any atom is 0.246 e. The molecule has 1 N–H and O–H groups in total. The Morgan fingerprint density at radius 2 is 1.92 bits per heavy atom. The number of carbonyl (C=O) groups is 1. The van der Waals surface area contributed by atoms with E-state index >= 15 is 0 Å². The van der Waals surface area contributed by atoms with Crippen molar-refractivity contribution in [2.45, 2.75) is 13.0 Å². The molecule has 0 rings (SSSR count). The highest BCUT2D eigenvalue weighted by atomic mass is 16.1. The van der Waals surface area contributed by atoms with Gasteiger partial charge < -0.3 is 9.80 Å². The maximum absolute atomic E-state index is 11.2. The molecule has 0 aromatic carbocycles. The Morgan fingerprint density at radius 1 is 1.46 bits per heavy atom. The Morgan fingerprint density at radius 3 is 2.23 bits per heavy atom. The topological polar surface area (TPSA) is 29.1 Å².